The third-order valence-corrected chi connectivity index (χ3v) is 4.09. The van der Waals surface area contributed by atoms with Crippen LogP contribution in [0.5, 0.6) is 0 Å². The van der Waals surface area contributed by atoms with Crippen LogP contribution in [0, 0.1) is 0 Å². The summed E-state index contributed by atoms with van der Waals surface area (Å²) >= 11 is 0.400. The molecule has 1 aromatic rings. The van der Waals surface area contributed by atoms with Crippen LogP contribution in [0.1, 0.15) is 11.1 Å². The van der Waals surface area contributed by atoms with Gasteiger partial charge in [-0.15, -0.1) is 0 Å². The van der Waals surface area contributed by atoms with Crippen LogP contribution >= 0.6 is 0 Å². The number of halogens is 2. The average Bonchev–Trinajstić information content (AvgIpc) is 2.24. The number of hydrogen-bond acceptors (Lipinski definition) is 2. The molecule has 82 valence electrons. The van der Waals surface area contributed by atoms with Crippen molar-refractivity contribution in [3.63, 3.8) is 0 Å². The Balaban J connectivity index is 2.50. The Morgan fingerprint density at radius 3 is 1.93 bits per heavy atom. The molecule has 0 aliphatic heterocycles. The third kappa shape index (κ3) is 4.90. The first-order valence-electron chi connectivity index (χ1n) is 4.37. The molecule has 0 radical (unpaired) electrons. The summed E-state index contributed by atoms with van der Waals surface area (Å²) in [6.45, 7) is 2.05. The van der Waals surface area contributed by atoms with Crippen LogP contribution < -0.4 is 50.0 Å². The van der Waals surface area contributed by atoms with Crippen molar-refractivity contribution >= 4 is 0 Å². The van der Waals surface area contributed by atoms with Gasteiger partial charge < -0.3 is 0 Å². The second-order valence-corrected chi connectivity index (χ2v) is 6.50. The molecule has 0 saturated heterocycles. The van der Waals surface area contributed by atoms with E-state index in [9.17, 15) is 0 Å². The van der Waals surface area contributed by atoms with E-state index in [1.54, 1.807) is 0 Å². The summed E-state index contributed by atoms with van der Waals surface area (Å²) in [5.74, 6) is 0. The quantitative estimate of drug-likeness (QED) is 0.275. The third-order valence-electron chi connectivity index (χ3n) is 1.80. The summed E-state index contributed by atoms with van der Waals surface area (Å²) in [6, 6.07) is 8.82. The van der Waals surface area contributed by atoms with E-state index in [0.29, 0.717) is 0 Å². The Morgan fingerprint density at radius 1 is 1.00 bits per heavy atom. The summed E-state index contributed by atoms with van der Waals surface area (Å²) in [6.07, 6.45) is 0. The predicted octanol–water partition coefficient (Wildman–Crippen LogP) is -4.87. The maximum atomic E-state index is 3.44. The number of alkyl halides is 2. The molecule has 4 heteroatoms. The van der Waals surface area contributed by atoms with Crippen LogP contribution in [-0.2, 0) is 13.1 Å². The maximum absolute atomic E-state index is 3.44. The Bertz CT molecular complexity index is 243. The van der Waals surface area contributed by atoms with Crippen molar-refractivity contribution in [2.75, 3.05) is 9.86 Å². The van der Waals surface area contributed by atoms with E-state index in [2.05, 4.69) is 41.2 Å². The summed E-state index contributed by atoms with van der Waals surface area (Å²) in [7, 11) is 0. The van der Waals surface area contributed by atoms with Crippen LogP contribution in [0.25, 0.3) is 0 Å². The van der Waals surface area contributed by atoms with E-state index in [0.717, 1.165) is 13.1 Å². The van der Waals surface area contributed by atoms with Crippen molar-refractivity contribution in [1.29, 1.82) is 0 Å². The van der Waals surface area contributed by atoms with Crippen molar-refractivity contribution in [1.82, 2.24) is 7.06 Å². The van der Waals surface area contributed by atoms with Crippen molar-refractivity contribution in [3.8, 4) is 0 Å². The summed E-state index contributed by atoms with van der Waals surface area (Å²) in [4.78, 5) is 4.48. The summed E-state index contributed by atoms with van der Waals surface area (Å²) in [5, 5.41) is 0. The first-order valence-corrected chi connectivity index (χ1v) is 10.8. The number of nitrogens with one attached hydrogen (secondary N) is 2. The molecule has 0 heterocycles. The first kappa shape index (κ1) is 12.7. The van der Waals surface area contributed by atoms with Gasteiger partial charge in [-0.25, -0.2) is 0 Å². The SMILES string of the molecule is C[I-]NCc1cccc(CN[I-]C)c1. The van der Waals surface area contributed by atoms with E-state index in [4.69, 9.17) is 0 Å². The van der Waals surface area contributed by atoms with Gasteiger partial charge in [0, 0.05) is 0 Å². The van der Waals surface area contributed by atoms with Crippen LogP contribution in [0.4, 0.5) is 0 Å². The zero-order valence-corrected chi connectivity index (χ0v) is 12.8. The molecule has 0 aliphatic rings. The van der Waals surface area contributed by atoms with Gasteiger partial charge in [-0.1, -0.05) is 0 Å². The molecule has 0 saturated carbocycles. The van der Waals surface area contributed by atoms with Gasteiger partial charge in [0.25, 0.3) is 0 Å². The molecular weight excluding hydrogens is 402 g/mol. The van der Waals surface area contributed by atoms with Crippen LogP contribution in [0.2, 0.25) is 0 Å². The summed E-state index contributed by atoms with van der Waals surface area (Å²) in [5.41, 5.74) is 2.81. The van der Waals surface area contributed by atoms with Crippen LogP contribution in [-0.4, -0.2) is 9.86 Å². The molecule has 0 fully saturated rings. The topological polar surface area (TPSA) is 24.1 Å². The van der Waals surface area contributed by atoms with Gasteiger partial charge in [-0.05, 0) is 0 Å². The molecule has 0 amide bonds. The minimum absolute atomic E-state index is 0.200. The van der Waals surface area contributed by atoms with E-state index >= 15 is 0 Å². The van der Waals surface area contributed by atoms with Gasteiger partial charge >= 0.3 is 108 Å². The van der Waals surface area contributed by atoms with Crippen molar-refractivity contribution in [2.45, 2.75) is 13.1 Å². The normalized spacial score (nSPS) is 11.0. The van der Waals surface area contributed by atoms with Gasteiger partial charge in [0.1, 0.15) is 0 Å². The Kier molecular flexibility index (Phi) is 7.09. The van der Waals surface area contributed by atoms with Gasteiger partial charge in [0.05, 0.1) is 0 Å². The molecule has 0 unspecified atom stereocenters. The minimum atomic E-state index is 0.200. The molecule has 0 aliphatic carbocycles. The second-order valence-electron chi connectivity index (χ2n) is 2.82. The molecule has 14 heavy (non-hydrogen) atoms. The number of rotatable bonds is 6. The van der Waals surface area contributed by atoms with E-state index < -0.39 is 0 Å². The monoisotopic (exact) mass is 418 g/mol. The Morgan fingerprint density at radius 2 is 1.50 bits per heavy atom. The van der Waals surface area contributed by atoms with E-state index in [1.165, 1.54) is 11.1 Å². The van der Waals surface area contributed by atoms with Gasteiger partial charge in [-0.3, -0.25) is 0 Å². The van der Waals surface area contributed by atoms with Crippen molar-refractivity contribution in [3.05, 3.63) is 35.4 Å². The molecule has 0 bridgehead atoms. The van der Waals surface area contributed by atoms with E-state index in [-0.39, 0.29) is 43.0 Å². The molecule has 0 atom stereocenters. The molecule has 2 N–H and O–H groups in total. The molecule has 0 aromatic heterocycles. The van der Waals surface area contributed by atoms with Crippen LogP contribution in [0.15, 0.2) is 24.3 Å². The zero-order chi connectivity index (χ0) is 10.2. The fourth-order valence-electron chi connectivity index (χ4n) is 1.14. The first-order chi connectivity index (χ1) is 6.86. The van der Waals surface area contributed by atoms with E-state index in [1.807, 2.05) is 0 Å². The average molecular weight is 418 g/mol. The molecule has 0 spiro atoms. The van der Waals surface area contributed by atoms with Crippen LogP contribution in [0.3, 0.4) is 0 Å². The zero-order valence-electron chi connectivity index (χ0n) is 8.48. The molecule has 1 rings (SSSR count). The van der Waals surface area contributed by atoms with Gasteiger partial charge in [0.2, 0.25) is 0 Å². The number of hydrogen-bond donors (Lipinski definition) is 2. The van der Waals surface area contributed by atoms with Gasteiger partial charge in [0.15, 0.2) is 0 Å². The van der Waals surface area contributed by atoms with Crippen molar-refractivity contribution in [2.24, 2.45) is 0 Å². The summed E-state index contributed by atoms with van der Waals surface area (Å²) < 4.78 is 6.89. The molecular formula is C10H16I2N2-2. The Hall–Kier alpha value is 0.600. The molecule has 2 nitrogen and oxygen atoms in total. The fourth-order valence-corrected chi connectivity index (χ4v) is 2.78. The fraction of sp³-hybridized carbons (Fsp3) is 0.400. The molecule has 1 aromatic carbocycles. The Labute approximate surface area is 107 Å². The van der Waals surface area contributed by atoms with Gasteiger partial charge in [-0.2, -0.15) is 0 Å². The number of benzene rings is 1. The second kappa shape index (κ2) is 7.84. The predicted molar refractivity (Wildman–Crippen MR) is 52.0 cm³/mol. The standard InChI is InChI=1S/C10H16I2N2/c1-11-13-7-9-4-3-5-10(6-9)8-14-12-2/h3-6,13-14H,7-8H2,1-2H3/q-2. The van der Waals surface area contributed by atoms with Crippen molar-refractivity contribution < 1.29 is 43.0 Å².